The molecule has 0 saturated heterocycles. The van der Waals surface area contributed by atoms with Crippen molar-refractivity contribution in [3.05, 3.63) is 64.8 Å². The summed E-state index contributed by atoms with van der Waals surface area (Å²) in [6.07, 6.45) is 4.67. The van der Waals surface area contributed by atoms with Crippen molar-refractivity contribution in [1.29, 1.82) is 0 Å². The molecule has 3 aromatic rings. The summed E-state index contributed by atoms with van der Waals surface area (Å²) in [5.74, 6) is 0.728. The van der Waals surface area contributed by atoms with E-state index in [-0.39, 0.29) is 11.9 Å². The zero-order chi connectivity index (χ0) is 18.1. The lowest BCUT2D eigenvalue weighted by Gasteiger charge is -2.17. The molecule has 0 unspecified atom stereocenters. The summed E-state index contributed by atoms with van der Waals surface area (Å²) < 4.78 is 5.41. The molecule has 1 aliphatic carbocycles. The van der Waals surface area contributed by atoms with Crippen molar-refractivity contribution < 1.29 is 9.53 Å². The lowest BCUT2D eigenvalue weighted by Crippen LogP contribution is -2.26. The van der Waals surface area contributed by atoms with E-state index in [1.807, 2.05) is 49.4 Å². The molecule has 0 spiro atoms. The van der Waals surface area contributed by atoms with Gasteiger partial charge in [0.05, 0.1) is 13.2 Å². The molecule has 26 heavy (non-hydrogen) atoms. The fourth-order valence-electron chi connectivity index (χ4n) is 3.93. The van der Waals surface area contributed by atoms with E-state index in [4.69, 9.17) is 4.74 Å². The molecule has 0 fully saturated rings. The van der Waals surface area contributed by atoms with Crippen LogP contribution in [-0.4, -0.2) is 18.0 Å². The van der Waals surface area contributed by atoms with Crippen LogP contribution >= 0.6 is 0 Å². The van der Waals surface area contributed by atoms with Crippen LogP contribution in [0.4, 0.5) is 0 Å². The van der Waals surface area contributed by atoms with Crippen LogP contribution in [0.25, 0.3) is 10.9 Å². The van der Waals surface area contributed by atoms with Gasteiger partial charge in [-0.25, -0.2) is 0 Å². The number of aromatic nitrogens is 1. The molecule has 4 heteroatoms. The molecule has 1 amide bonds. The van der Waals surface area contributed by atoms with Gasteiger partial charge in [-0.1, -0.05) is 18.2 Å². The minimum Gasteiger partial charge on any atom is -0.496 e. The fourth-order valence-corrected chi connectivity index (χ4v) is 3.93. The first-order valence-electron chi connectivity index (χ1n) is 9.24. The number of benzene rings is 2. The largest absolute Gasteiger partial charge is 0.496 e. The van der Waals surface area contributed by atoms with Crippen molar-refractivity contribution in [1.82, 2.24) is 10.3 Å². The Hall–Kier alpha value is -2.75. The van der Waals surface area contributed by atoms with Crippen molar-refractivity contribution in [3.8, 4) is 5.75 Å². The van der Waals surface area contributed by atoms with Crippen LogP contribution in [0.3, 0.4) is 0 Å². The van der Waals surface area contributed by atoms with E-state index in [2.05, 4.69) is 10.3 Å². The van der Waals surface area contributed by atoms with Crippen molar-refractivity contribution in [2.24, 2.45) is 0 Å². The molecule has 0 saturated carbocycles. The van der Waals surface area contributed by atoms with Gasteiger partial charge in [-0.3, -0.25) is 4.79 Å². The van der Waals surface area contributed by atoms with E-state index in [0.29, 0.717) is 5.56 Å². The van der Waals surface area contributed by atoms with Gasteiger partial charge in [0.2, 0.25) is 0 Å². The smallest absolute Gasteiger partial charge is 0.251 e. The van der Waals surface area contributed by atoms with Crippen LogP contribution in [0.15, 0.2) is 42.5 Å². The number of H-pyrrole nitrogens is 1. The van der Waals surface area contributed by atoms with Crippen LogP contribution in [0.2, 0.25) is 0 Å². The molecule has 2 N–H and O–H groups in total. The predicted octanol–water partition coefficient (Wildman–Crippen LogP) is 4.55. The summed E-state index contributed by atoms with van der Waals surface area (Å²) in [6.45, 7) is 1.98. The SMILES string of the molecule is COc1ccccc1[C@H](C)NC(=O)c1ccc2[nH]c3c(c2c1)CCCC3. The number of hydrogen-bond donors (Lipinski definition) is 2. The minimum atomic E-state index is -0.130. The second kappa shape index (κ2) is 6.87. The van der Waals surface area contributed by atoms with Gasteiger partial charge in [-0.2, -0.15) is 0 Å². The van der Waals surface area contributed by atoms with E-state index in [0.717, 1.165) is 29.7 Å². The van der Waals surface area contributed by atoms with Crippen LogP contribution in [0.1, 0.15) is 53.0 Å². The molecule has 1 aromatic heterocycles. The van der Waals surface area contributed by atoms with Crippen molar-refractivity contribution in [3.63, 3.8) is 0 Å². The van der Waals surface area contributed by atoms with Gasteiger partial charge in [-0.15, -0.1) is 0 Å². The second-order valence-corrected chi connectivity index (χ2v) is 6.99. The topological polar surface area (TPSA) is 54.1 Å². The van der Waals surface area contributed by atoms with Gasteiger partial charge >= 0.3 is 0 Å². The van der Waals surface area contributed by atoms with Gasteiger partial charge < -0.3 is 15.0 Å². The Kier molecular flexibility index (Phi) is 4.41. The molecule has 1 heterocycles. The molecule has 0 radical (unpaired) electrons. The highest BCUT2D eigenvalue weighted by Crippen LogP contribution is 2.30. The molecule has 4 rings (SSSR count). The highest BCUT2D eigenvalue weighted by Gasteiger charge is 2.18. The van der Waals surface area contributed by atoms with Crippen molar-refractivity contribution in [2.75, 3.05) is 7.11 Å². The normalized spacial score (nSPS) is 14.7. The van der Waals surface area contributed by atoms with Gasteiger partial charge in [0.1, 0.15) is 5.75 Å². The van der Waals surface area contributed by atoms with E-state index in [9.17, 15) is 4.79 Å². The summed E-state index contributed by atoms with van der Waals surface area (Å²) in [6, 6.07) is 13.6. The van der Waals surface area contributed by atoms with Gasteiger partial charge in [-0.05, 0) is 62.4 Å². The van der Waals surface area contributed by atoms with Crippen molar-refractivity contribution >= 4 is 16.8 Å². The number of fused-ring (bicyclic) bond motifs is 3. The minimum absolute atomic E-state index is 0.0592. The maximum atomic E-state index is 12.8. The Morgan fingerprint density at radius 1 is 1.15 bits per heavy atom. The summed E-state index contributed by atoms with van der Waals surface area (Å²) in [7, 11) is 1.65. The van der Waals surface area contributed by atoms with Gasteiger partial charge in [0.25, 0.3) is 5.91 Å². The molecule has 2 aromatic carbocycles. The van der Waals surface area contributed by atoms with Crippen LogP contribution < -0.4 is 10.1 Å². The quantitative estimate of drug-likeness (QED) is 0.727. The third-order valence-corrected chi connectivity index (χ3v) is 5.31. The van der Waals surface area contributed by atoms with E-state index in [1.54, 1.807) is 7.11 Å². The van der Waals surface area contributed by atoms with E-state index >= 15 is 0 Å². The Morgan fingerprint density at radius 2 is 1.96 bits per heavy atom. The van der Waals surface area contributed by atoms with Crippen molar-refractivity contribution in [2.45, 2.75) is 38.6 Å². The van der Waals surface area contributed by atoms with E-state index in [1.165, 1.54) is 29.5 Å². The molecular weight excluding hydrogens is 324 g/mol. The monoisotopic (exact) mass is 348 g/mol. The number of aromatic amines is 1. The molecule has 0 bridgehead atoms. The zero-order valence-electron chi connectivity index (χ0n) is 15.3. The lowest BCUT2D eigenvalue weighted by molar-refractivity contribution is 0.0939. The number of carbonyl (C=O) groups excluding carboxylic acids is 1. The number of para-hydroxylation sites is 1. The Balaban J connectivity index is 1.60. The van der Waals surface area contributed by atoms with Crippen LogP contribution in [0, 0.1) is 0 Å². The third kappa shape index (κ3) is 2.96. The summed E-state index contributed by atoms with van der Waals surface area (Å²) in [5, 5.41) is 4.29. The highest BCUT2D eigenvalue weighted by atomic mass is 16.5. The molecule has 1 aliphatic rings. The maximum Gasteiger partial charge on any atom is 0.251 e. The van der Waals surface area contributed by atoms with Gasteiger partial charge in [0, 0.05) is 27.7 Å². The Bertz CT molecular complexity index is 958. The lowest BCUT2D eigenvalue weighted by atomic mass is 9.95. The first-order chi connectivity index (χ1) is 12.7. The number of methoxy groups -OCH3 is 1. The molecule has 1 atom stereocenters. The first-order valence-corrected chi connectivity index (χ1v) is 9.24. The first kappa shape index (κ1) is 16.7. The maximum absolute atomic E-state index is 12.8. The predicted molar refractivity (Wildman–Crippen MR) is 104 cm³/mol. The summed E-state index contributed by atoms with van der Waals surface area (Å²) in [4.78, 5) is 16.3. The third-order valence-electron chi connectivity index (χ3n) is 5.31. The number of nitrogens with one attached hydrogen (secondary N) is 2. The highest BCUT2D eigenvalue weighted by molar-refractivity contribution is 5.99. The number of hydrogen-bond acceptors (Lipinski definition) is 2. The van der Waals surface area contributed by atoms with Gasteiger partial charge in [0.15, 0.2) is 0 Å². The number of amides is 1. The molecule has 4 nitrogen and oxygen atoms in total. The number of aryl methyl sites for hydroxylation is 2. The van der Waals surface area contributed by atoms with Crippen LogP contribution in [-0.2, 0) is 12.8 Å². The van der Waals surface area contributed by atoms with E-state index < -0.39 is 0 Å². The average Bonchev–Trinajstić information content (AvgIpc) is 3.05. The summed E-state index contributed by atoms with van der Waals surface area (Å²) in [5.41, 5.74) is 5.53. The summed E-state index contributed by atoms with van der Waals surface area (Å²) >= 11 is 0. The molecular formula is C22H24N2O2. The van der Waals surface area contributed by atoms with Crippen LogP contribution in [0.5, 0.6) is 5.75 Å². The number of carbonyl (C=O) groups is 1. The Labute approximate surface area is 153 Å². The standard InChI is InChI=1S/C22H24N2O2/c1-14(16-7-4-6-10-21(16)26-2)23-22(25)15-11-12-20-18(13-15)17-8-3-5-9-19(17)24-20/h4,6-7,10-14,24H,3,5,8-9H2,1-2H3,(H,23,25)/t14-/m0/s1. The Morgan fingerprint density at radius 3 is 2.81 bits per heavy atom. The molecule has 134 valence electrons. The fraction of sp³-hybridized carbons (Fsp3) is 0.318. The number of ether oxygens (including phenoxy) is 1. The zero-order valence-corrected chi connectivity index (χ0v) is 15.3. The number of rotatable bonds is 4. The molecule has 0 aliphatic heterocycles. The second-order valence-electron chi connectivity index (χ2n) is 6.99. The average molecular weight is 348 g/mol.